The zero-order valence-electron chi connectivity index (χ0n) is 15.8. The Balaban J connectivity index is 1.62. The molecule has 1 fully saturated rings. The van der Waals surface area contributed by atoms with Gasteiger partial charge in [0.05, 0.1) is 17.9 Å². The topological polar surface area (TPSA) is 65.5 Å². The Labute approximate surface area is 184 Å². The Hall–Kier alpha value is -3.09. The molecule has 152 valence electrons. The van der Waals surface area contributed by atoms with Crippen molar-refractivity contribution in [2.75, 3.05) is 16.6 Å². The van der Waals surface area contributed by atoms with Crippen molar-refractivity contribution in [2.24, 2.45) is 5.92 Å². The average molecular weight is 441 g/mol. The highest BCUT2D eigenvalue weighted by molar-refractivity contribution is 6.31. The van der Waals surface area contributed by atoms with Crippen molar-refractivity contribution in [3.05, 3.63) is 88.7 Å². The van der Waals surface area contributed by atoms with Gasteiger partial charge in [0.15, 0.2) is 0 Å². The van der Waals surface area contributed by atoms with Crippen LogP contribution in [0.5, 0.6) is 0 Å². The van der Waals surface area contributed by atoms with Crippen LogP contribution in [-0.4, -0.2) is 23.3 Å². The summed E-state index contributed by atoms with van der Waals surface area (Å²) in [6.07, 6.45) is 3.31. The number of nitrogens with one attached hydrogen (secondary N) is 1. The predicted molar refractivity (Wildman–Crippen MR) is 117 cm³/mol. The number of carbonyl (C=O) groups excluding carboxylic acids is 2. The first-order valence-corrected chi connectivity index (χ1v) is 10.1. The Kier molecular flexibility index (Phi) is 5.88. The minimum atomic E-state index is -0.871. The maximum absolute atomic E-state index is 13.3. The number of hydrogen-bond acceptors (Lipinski definition) is 4. The van der Waals surface area contributed by atoms with E-state index in [-0.39, 0.29) is 18.4 Å². The van der Waals surface area contributed by atoms with Crippen LogP contribution < -0.4 is 15.3 Å². The van der Waals surface area contributed by atoms with E-state index in [4.69, 9.17) is 23.2 Å². The second-order valence-electron chi connectivity index (χ2n) is 6.82. The van der Waals surface area contributed by atoms with Crippen molar-refractivity contribution in [3.63, 3.8) is 0 Å². The van der Waals surface area contributed by atoms with Crippen LogP contribution in [0.4, 0.5) is 11.4 Å². The fourth-order valence-corrected chi connectivity index (χ4v) is 3.71. The summed E-state index contributed by atoms with van der Waals surface area (Å²) in [6, 6.07) is 17.7. The molecule has 1 atom stereocenters. The van der Waals surface area contributed by atoms with E-state index in [1.54, 1.807) is 59.9 Å². The fraction of sp³-hybridized carbons (Fsp3) is 0.136. The van der Waals surface area contributed by atoms with Gasteiger partial charge < -0.3 is 5.32 Å². The second-order valence-corrected chi connectivity index (χ2v) is 7.69. The number of hydrogen-bond donors (Lipinski definition) is 1. The predicted octanol–water partition coefficient (Wildman–Crippen LogP) is 4.09. The van der Waals surface area contributed by atoms with Gasteiger partial charge in [-0.3, -0.25) is 19.6 Å². The highest BCUT2D eigenvalue weighted by Gasteiger charge is 2.43. The van der Waals surface area contributed by atoms with Crippen LogP contribution in [0.25, 0.3) is 0 Å². The molecule has 4 rings (SSSR count). The van der Waals surface area contributed by atoms with Gasteiger partial charge in [-0.15, -0.1) is 0 Å². The van der Waals surface area contributed by atoms with Gasteiger partial charge in [0.2, 0.25) is 5.91 Å². The Bertz CT molecular complexity index is 1080. The Morgan fingerprint density at radius 2 is 1.63 bits per heavy atom. The molecule has 0 spiro atoms. The summed E-state index contributed by atoms with van der Waals surface area (Å²) in [5, 5.41) is 7.11. The number of aromatic nitrogens is 1. The number of carbonyl (C=O) groups is 2. The van der Waals surface area contributed by atoms with E-state index in [9.17, 15) is 9.59 Å². The lowest BCUT2D eigenvalue weighted by Gasteiger charge is -2.29. The smallest absolute Gasteiger partial charge is 0.260 e. The Morgan fingerprint density at radius 1 is 1.00 bits per heavy atom. The molecule has 1 saturated heterocycles. The van der Waals surface area contributed by atoms with E-state index >= 15 is 0 Å². The van der Waals surface area contributed by atoms with Crippen LogP contribution in [0.2, 0.25) is 10.0 Å². The number of nitrogens with zero attached hydrogens (tertiary/aromatic N) is 3. The molecule has 0 saturated carbocycles. The molecule has 1 N–H and O–H groups in total. The molecule has 1 unspecified atom stereocenters. The highest BCUT2D eigenvalue weighted by Crippen LogP contribution is 2.33. The summed E-state index contributed by atoms with van der Waals surface area (Å²) >= 11 is 12.3. The second kappa shape index (κ2) is 8.73. The zero-order chi connectivity index (χ0) is 21.1. The lowest BCUT2D eigenvalue weighted by molar-refractivity contribution is -0.131. The van der Waals surface area contributed by atoms with Crippen molar-refractivity contribution in [1.82, 2.24) is 10.3 Å². The quantitative estimate of drug-likeness (QED) is 0.606. The molecule has 1 aliphatic heterocycles. The lowest BCUT2D eigenvalue weighted by atomic mass is 10.1. The summed E-state index contributed by atoms with van der Waals surface area (Å²) in [6.45, 7) is 0.507. The van der Waals surface area contributed by atoms with Gasteiger partial charge in [0, 0.05) is 29.0 Å². The van der Waals surface area contributed by atoms with Gasteiger partial charge >= 0.3 is 0 Å². The number of hydrazine groups is 1. The summed E-state index contributed by atoms with van der Waals surface area (Å²) in [4.78, 5) is 30.1. The van der Waals surface area contributed by atoms with E-state index in [1.807, 2.05) is 18.2 Å². The molecule has 1 aliphatic rings. The first kappa shape index (κ1) is 20.2. The first-order chi connectivity index (χ1) is 14.5. The van der Waals surface area contributed by atoms with Crippen molar-refractivity contribution < 1.29 is 9.59 Å². The van der Waals surface area contributed by atoms with E-state index in [1.165, 1.54) is 5.01 Å². The molecule has 3 aromatic rings. The first-order valence-electron chi connectivity index (χ1n) is 9.32. The van der Waals surface area contributed by atoms with Crippen molar-refractivity contribution in [3.8, 4) is 0 Å². The number of benzene rings is 2. The maximum Gasteiger partial charge on any atom is 0.260 e. The van der Waals surface area contributed by atoms with Crippen molar-refractivity contribution in [2.45, 2.75) is 6.54 Å². The van der Waals surface area contributed by atoms with E-state index < -0.39 is 5.92 Å². The van der Waals surface area contributed by atoms with E-state index in [0.717, 1.165) is 5.56 Å². The monoisotopic (exact) mass is 440 g/mol. The third-order valence-electron chi connectivity index (χ3n) is 4.80. The molecular weight excluding hydrogens is 423 g/mol. The van der Waals surface area contributed by atoms with Gasteiger partial charge in [0.25, 0.3) is 5.91 Å². The number of halogens is 2. The van der Waals surface area contributed by atoms with Gasteiger partial charge in [-0.25, -0.2) is 5.01 Å². The molecule has 2 heterocycles. The van der Waals surface area contributed by atoms with Gasteiger partial charge in [-0.2, -0.15) is 0 Å². The van der Waals surface area contributed by atoms with Crippen LogP contribution in [0, 0.1) is 5.92 Å². The van der Waals surface area contributed by atoms with Crippen LogP contribution in [0.3, 0.4) is 0 Å². The number of rotatable bonds is 5. The fourth-order valence-electron chi connectivity index (χ4n) is 3.34. The van der Waals surface area contributed by atoms with Crippen LogP contribution in [-0.2, 0) is 16.1 Å². The van der Waals surface area contributed by atoms with Crippen molar-refractivity contribution >= 4 is 46.4 Å². The summed E-state index contributed by atoms with van der Waals surface area (Å²) in [5.41, 5.74) is 2.19. The standard InChI is InChI=1S/C22H18Cl2N4O2/c23-16-3-1-5-18(11-16)27-14-20(21(29)26-13-15-7-9-25-10-8-15)22(30)28(27)19-6-2-4-17(24)12-19/h1-12,20H,13-14H2,(H,26,29). The molecule has 1 aromatic heterocycles. The normalized spacial score (nSPS) is 16.1. The summed E-state index contributed by atoms with van der Waals surface area (Å²) < 4.78 is 0. The van der Waals surface area contributed by atoms with Gasteiger partial charge in [-0.05, 0) is 54.1 Å². The molecule has 0 aliphatic carbocycles. The molecule has 2 aromatic carbocycles. The summed E-state index contributed by atoms with van der Waals surface area (Å²) in [7, 11) is 0. The molecular formula is C22H18Cl2N4O2. The molecule has 8 heteroatoms. The van der Waals surface area contributed by atoms with Crippen LogP contribution in [0.1, 0.15) is 5.56 Å². The SMILES string of the molecule is O=C(NCc1ccncc1)C1CN(c2cccc(Cl)c2)N(c2cccc(Cl)c2)C1=O. The Morgan fingerprint density at radius 3 is 2.30 bits per heavy atom. The van der Waals surface area contributed by atoms with Gasteiger partial charge in [0.1, 0.15) is 5.92 Å². The maximum atomic E-state index is 13.3. The van der Waals surface area contributed by atoms with Crippen molar-refractivity contribution in [1.29, 1.82) is 0 Å². The minimum Gasteiger partial charge on any atom is -0.351 e. The molecule has 0 bridgehead atoms. The molecule has 2 amide bonds. The number of amides is 2. The van der Waals surface area contributed by atoms with Gasteiger partial charge in [-0.1, -0.05) is 35.3 Å². The van der Waals surface area contributed by atoms with E-state index in [2.05, 4.69) is 10.3 Å². The average Bonchev–Trinajstić information content (AvgIpc) is 3.10. The van der Waals surface area contributed by atoms with Crippen LogP contribution >= 0.6 is 23.2 Å². The molecule has 6 nitrogen and oxygen atoms in total. The third kappa shape index (κ3) is 4.25. The zero-order valence-corrected chi connectivity index (χ0v) is 17.3. The third-order valence-corrected chi connectivity index (χ3v) is 5.27. The highest BCUT2D eigenvalue weighted by atomic mass is 35.5. The largest absolute Gasteiger partial charge is 0.351 e. The van der Waals surface area contributed by atoms with E-state index in [0.29, 0.717) is 28.0 Å². The number of pyridine rings is 1. The summed E-state index contributed by atoms with van der Waals surface area (Å²) in [5.74, 6) is -1.54. The molecule has 30 heavy (non-hydrogen) atoms. The molecule has 0 radical (unpaired) electrons. The lowest BCUT2D eigenvalue weighted by Crippen LogP contribution is -2.40. The van der Waals surface area contributed by atoms with Crippen LogP contribution in [0.15, 0.2) is 73.1 Å². The minimum absolute atomic E-state index is 0.188. The number of anilines is 2.